The number of hydrogen-bond donors (Lipinski definition) is 0. The minimum atomic E-state index is -0.468. The summed E-state index contributed by atoms with van der Waals surface area (Å²) in [4.78, 5) is 10.6. The van der Waals surface area contributed by atoms with Gasteiger partial charge in [-0.1, -0.05) is 200 Å². The third-order valence-corrected chi connectivity index (χ3v) is 13.8. The van der Waals surface area contributed by atoms with Crippen LogP contribution in [0.15, 0.2) is 231 Å². The van der Waals surface area contributed by atoms with E-state index in [2.05, 4.69) is 224 Å². The van der Waals surface area contributed by atoms with Crippen LogP contribution < -0.4 is 0 Å². The van der Waals surface area contributed by atoms with Gasteiger partial charge in [0, 0.05) is 36.9 Å². The second-order valence-corrected chi connectivity index (χ2v) is 17.1. The van der Waals surface area contributed by atoms with Crippen LogP contribution in [0.3, 0.4) is 0 Å². The summed E-state index contributed by atoms with van der Waals surface area (Å²) in [6.07, 6.45) is 0. The van der Waals surface area contributed by atoms with Gasteiger partial charge < -0.3 is 0 Å². The quantitative estimate of drug-likeness (QED) is 0.160. The first-order valence-corrected chi connectivity index (χ1v) is 22.0. The monoisotopic (exact) mass is 806 g/mol. The fourth-order valence-corrected chi connectivity index (χ4v) is 11.0. The first kappa shape index (κ1) is 36.2. The maximum atomic E-state index is 5.34. The molecule has 0 bridgehead atoms. The van der Waals surface area contributed by atoms with Crippen molar-refractivity contribution in [2.24, 2.45) is 0 Å². The van der Waals surface area contributed by atoms with Crippen molar-refractivity contribution >= 4 is 31.5 Å². The van der Waals surface area contributed by atoms with Gasteiger partial charge in [0.15, 0.2) is 5.82 Å². The van der Waals surface area contributed by atoms with Crippen molar-refractivity contribution in [1.82, 2.24) is 9.97 Å². The van der Waals surface area contributed by atoms with Crippen molar-refractivity contribution in [1.29, 1.82) is 0 Å². The number of hydrogen-bond acceptors (Lipinski definition) is 3. The highest BCUT2D eigenvalue weighted by atomic mass is 32.1. The van der Waals surface area contributed by atoms with Crippen molar-refractivity contribution in [2.75, 3.05) is 0 Å². The minimum absolute atomic E-state index is 0.468. The van der Waals surface area contributed by atoms with E-state index in [4.69, 9.17) is 9.97 Å². The number of rotatable bonds is 7. The zero-order valence-electron chi connectivity index (χ0n) is 33.7. The summed E-state index contributed by atoms with van der Waals surface area (Å²) < 4.78 is 2.59. The fraction of sp³-hybridized carbons (Fsp3) is 0.0169. The summed E-state index contributed by atoms with van der Waals surface area (Å²) in [6, 6.07) is 83.4. The molecule has 0 saturated carbocycles. The predicted molar refractivity (Wildman–Crippen MR) is 259 cm³/mol. The molecule has 62 heavy (non-hydrogen) atoms. The third-order valence-electron chi connectivity index (χ3n) is 12.6. The molecule has 1 aliphatic rings. The molecule has 0 spiro atoms. The Kier molecular flexibility index (Phi) is 8.62. The summed E-state index contributed by atoms with van der Waals surface area (Å²) in [5.74, 6) is 0.694. The Morgan fingerprint density at radius 1 is 0.323 bits per heavy atom. The zero-order chi connectivity index (χ0) is 41.0. The van der Waals surface area contributed by atoms with E-state index in [-0.39, 0.29) is 0 Å². The first-order chi connectivity index (χ1) is 30.7. The highest BCUT2D eigenvalue weighted by Gasteiger charge is 2.45. The number of aromatic nitrogens is 2. The molecule has 1 aliphatic carbocycles. The lowest BCUT2D eigenvalue weighted by Crippen LogP contribution is -2.28. The summed E-state index contributed by atoms with van der Waals surface area (Å²) >= 11 is 1.86. The summed E-state index contributed by atoms with van der Waals surface area (Å²) in [5, 5.41) is 2.58. The zero-order valence-corrected chi connectivity index (χ0v) is 34.6. The van der Waals surface area contributed by atoms with Gasteiger partial charge in [-0.2, -0.15) is 0 Å². The van der Waals surface area contributed by atoms with Gasteiger partial charge in [-0.25, -0.2) is 9.97 Å². The van der Waals surface area contributed by atoms with E-state index < -0.39 is 5.41 Å². The van der Waals surface area contributed by atoms with Crippen molar-refractivity contribution in [3.8, 4) is 67.3 Å². The van der Waals surface area contributed by atoms with Crippen molar-refractivity contribution in [3.05, 3.63) is 253 Å². The molecule has 3 heteroatoms. The summed E-state index contributed by atoms with van der Waals surface area (Å²) in [5.41, 5.74) is 16.7. The van der Waals surface area contributed by atoms with Gasteiger partial charge >= 0.3 is 0 Å². The molecule has 2 nitrogen and oxygen atoms in total. The molecule has 0 N–H and O–H groups in total. The van der Waals surface area contributed by atoms with Gasteiger partial charge in [0.1, 0.15) is 0 Å². The average molecular weight is 807 g/mol. The van der Waals surface area contributed by atoms with Crippen LogP contribution >= 0.6 is 11.3 Å². The standard InChI is InChI=1S/C59H38N2S/c1-4-17-39(18-5-1)42-35-43(47-26-16-27-51-50-25-12-15-30-56(50)62-57(47)51)37-44(36-42)55-38-54(60-58(61-55)41-19-6-2-7-20-41)40-31-33-46(34-32-40)59(45-21-8-3-9-22-45)52-28-13-10-23-48(52)49-24-11-14-29-53(49)59/h1-38H. The molecular formula is C59H38N2S. The summed E-state index contributed by atoms with van der Waals surface area (Å²) in [7, 11) is 0. The van der Waals surface area contributed by atoms with E-state index in [9.17, 15) is 0 Å². The molecule has 11 aromatic rings. The van der Waals surface area contributed by atoms with Gasteiger partial charge in [-0.05, 0) is 86.0 Å². The smallest absolute Gasteiger partial charge is 0.160 e. The van der Waals surface area contributed by atoms with Gasteiger partial charge in [-0.3, -0.25) is 0 Å². The molecule has 0 fully saturated rings. The number of benzene rings is 9. The third kappa shape index (κ3) is 5.85. The fourth-order valence-electron chi connectivity index (χ4n) is 9.76. The van der Waals surface area contributed by atoms with Gasteiger partial charge in [0.2, 0.25) is 0 Å². The van der Waals surface area contributed by atoms with Crippen molar-refractivity contribution in [2.45, 2.75) is 5.41 Å². The van der Waals surface area contributed by atoms with E-state index in [0.29, 0.717) is 5.82 Å². The largest absolute Gasteiger partial charge is 0.228 e. The van der Waals surface area contributed by atoms with E-state index in [0.717, 1.165) is 44.8 Å². The van der Waals surface area contributed by atoms with Crippen LogP contribution in [0, 0.1) is 0 Å². The molecule has 12 rings (SSSR count). The SMILES string of the molecule is c1ccc(-c2cc(-c3cc(-c4ccc(C5(c6ccccc6)c6ccccc6-c6ccccc65)cc4)nc(-c4ccccc4)n3)cc(-c3cccc4c3sc3ccccc34)c2)cc1. The van der Waals surface area contributed by atoms with Crippen LogP contribution in [0.4, 0.5) is 0 Å². The Labute approximate surface area is 365 Å². The Morgan fingerprint density at radius 3 is 1.55 bits per heavy atom. The molecule has 0 unspecified atom stereocenters. The summed E-state index contributed by atoms with van der Waals surface area (Å²) in [6.45, 7) is 0. The molecule has 290 valence electrons. The second-order valence-electron chi connectivity index (χ2n) is 16.1. The molecule has 0 saturated heterocycles. The topological polar surface area (TPSA) is 25.8 Å². The lowest BCUT2D eigenvalue weighted by Gasteiger charge is -2.34. The van der Waals surface area contributed by atoms with Crippen LogP contribution in [0.5, 0.6) is 0 Å². The van der Waals surface area contributed by atoms with E-state index in [1.165, 1.54) is 59.1 Å². The number of nitrogens with zero attached hydrogens (tertiary/aromatic N) is 2. The maximum absolute atomic E-state index is 5.34. The Balaban J connectivity index is 1.04. The molecule has 2 aromatic heterocycles. The molecular weight excluding hydrogens is 769 g/mol. The molecule has 0 amide bonds. The molecule has 0 atom stereocenters. The Bertz CT molecular complexity index is 3400. The average Bonchev–Trinajstić information content (AvgIpc) is 3.89. The van der Waals surface area contributed by atoms with Crippen LogP contribution in [-0.4, -0.2) is 9.97 Å². The van der Waals surface area contributed by atoms with E-state index in [1.807, 2.05) is 17.4 Å². The van der Waals surface area contributed by atoms with Gasteiger partial charge in [0.05, 0.1) is 16.8 Å². The van der Waals surface area contributed by atoms with Crippen LogP contribution in [-0.2, 0) is 5.41 Å². The lowest BCUT2D eigenvalue weighted by molar-refractivity contribution is 0.768. The normalized spacial score (nSPS) is 12.6. The molecule has 9 aromatic carbocycles. The second kappa shape index (κ2) is 14.8. The molecule has 0 aliphatic heterocycles. The lowest BCUT2D eigenvalue weighted by atomic mass is 9.67. The number of thiophene rings is 1. The number of fused-ring (bicyclic) bond motifs is 6. The Morgan fingerprint density at radius 2 is 0.839 bits per heavy atom. The van der Waals surface area contributed by atoms with Crippen LogP contribution in [0.2, 0.25) is 0 Å². The van der Waals surface area contributed by atoms with E-state index >= 15 is 0 Å². The highest BCUT2D eigenvalue weighted by molar-refractivity contribution is 7.26. The maximum Gasteiger partial charge on any atom is 0.160 e. The first-order valence-electron chi connectivity index (χ1n) is 21.1. The minimum Gasteiger partial charge on any atom is -0.228 e. The molecule has 0 radical (unpaired) electrons. The molecule has 2 heterocycles. The van der Waals surface area contributed by atoms with Crippen molar-refractivity contribution in [3.63, 3.8) is 0 Å². The van der Waals surface area contributed by atoms with Crippen LogP contribution in [0.25, 0.3) is 87.5 Å². The van der Waals surface area contributed by atoms with E-state index in [1.54, 1.807) is 0 Å². The van der Waals surface area contributed by atoms with Crippen LogP contribution in [0.1, 0.15) is 22.3 Å². The van der Waals surface area contributed by atoms with Crippen molar-refractivity contribution < 1.29 is 0 Å². The van der Waals surface area contributed by atoms with Gasteiger partial charge in [-0.15, -0.1) is 11.3 Å². The van der Waals surface area contributed by atoms with Gasteiger partial charge in [0.25, 0.3) is 0 Å². The predicted octanol–water partition coefficient (Wildman–Crippen LogP) is 15.5. The Hall–Kier alpha value is -7.72. The highest BCUT2D eigenvalue weighted by Crippen LogP contribution is 2.56.